The van der Waals surface area contributed by atoms with Crippen LogP contribution < -0.4 is 10.6 Å². The molecule has 7 heteroatoms. The van der Waals surface area contributed by atoms with Crippen molar-refractivity contribution >= 4 is 23.4 Å². The average Bonchev–Trinajstić information content (AvgIpc) is 2.92. The zero-order valence-corrected chi connectivity index (χ0v) is 14.9. The first-order valence-electron chi connectivity index (χ1n) is 7.93. The summed E-state index contributed by atoms with van der Waals surface area (Å²) in [4.78, 5) is 23.6. The van der Waals surface area contributed by atoms with Crippen LogP contribution in [0.15, 0.2) is 34.7 Å². The first-order chi connectivity index (χ1) is 11.9. The van der Waals surface area contributed by atoms with Crippen LogP contribution in [0.2, 0.25) is 5.02 Å². The summed E-state index contributed by atoms with van der Waals surface area (Å²) >= 11 is 5.99. The van der Waals surface area contributed by atoms with Gasteiger partial charge in [0.15, 0.2) is 0 Å². The minimum Gasteiger partial charge on any atom is -0.466 e. The van der Waals surface area contributed by atoms with Crippen LogP contribution in [0.1, 0.15) is 35.2 Å². The number of carbonyl (C=O) groups excluding carboxylic acids is 2. The SMILES string of the molecule is Cc1cc([C@H](O)CCNC(=O)C(=O)NCc2ccccc2Cl)c(C)o1. The molecule has 1 aromatic heterocycles. The van der Waals surface area contributed by atoms with Gasteiger partial charge in [0.05, 0.1) is 6.10 Å². The Morgan fingerprint density at radius 3 is 2.52 bits per heavy atom. The number of benzene rings is 1. The molecule has 0 aliphatic heterocycles. The Bertz CT molecular complexity index is 757. The number of carbonyl (C=O) groups is 2. The topological polar surface area (TPSA) is 91.6 Å². The molecule has 1 heterocycles. The van der Waals surface area contributed by atoms with Crippen LogP contribution in [0.25, 0.3) is 0 Å². The monoisotopic (exact) mass is 364 g/mol. The minimum absolute atomic E-state index is 0.169. The molecular formula is C18H21ClN2O4. The van der Waals surface area contributed by atoms with E-state index < -0.39 is 17.9 Å². The van der Waals surface area contributed by atoms with E-state index >= 15 is 0 Å². The molecule has 2 rings (SSSR count). The summed E-state index contributed by atoms with van der Waals surface area (Å²) in [5, 5.41) is 15.6. The molecule has 0 saturated heterocycles. The van der Waals surface area contributed by atoms with Crippen molar-refractivity contribution in [2.75, 3.05) is 6.54 Å². The van der Waals surface area contributed by atoms with Crippen LogP contribution in [0.3, 0.4) is 0 Å². The van der Waals surface area contributed by atoms with Gasteiger partial charge < -0.3 is 20.2 Å². The fraction of sp³-hybridized carbons (Fsp3) is 0.333. The fourth-order valence-electron chi connectivity index (χ4n) is 2.44. The number of furan rings is 1. The van der Waals surface area contributed by atoms with Gasteiger partial charge >= 0.3 is 11.8 Å². The Kier molecular flexibility index (Phi) is 6.61. The predicted octanol–water partition coefficient (Wildman–Crippen LogP) is 2.41. The molecule has 6 nitrogen and oxygen atoms in total. The first kappa shape index (κ1) is 19.0. The lowest BCUT2D eigenvalue weighted by Crippen LogP contribution is -2.40. The van der Waals surface area contributed by atoms with Crippen molar-refractivity contribution in [2.24, 2.45) is 0 Å². The lowest BCUT2D eigenvalue weighted by Gasteiger charge is -2.11. The molecule has 0 aliphatic rings. The summed E-state index contributed by atoms with van der Waals surface area (Å²) in [6.07, 6.45) is -0.479. The van der Waals surface area contributed by atoms with Gasteiger partial charge in [-0.3, -0.25) is 9.59 Å². The molecule has 0 fully saturated rings. The Hall–Kier alpha value is -2.31. The van der Waals surface area contributed by atoms with Crippen LogP contribution in [-0.4, -0.2) is 23.5 Å². The van der Waals surface area contributed by atoms with Crippen LogP contribution in [0.5, 0.6) is 0 Å². The van der Waals surface area contributed by atoms with Gasteiger partial charge in [-0.2, -0.15) is 0 Å². The van der Waals surface area contributed by atoms with E-state index in [2.05, 4.69) is 10.6 Å². The number of halogens is 1. The van der Waals surface area contributed by atoms with E-state index in [1.807, 2.05) is 0 Å². The molecule has 1 atom stereocenters. The second kappa shape index (κ2) is 8.69. The first-order valence-corrected chi connectivity index (χ1v) is 8.30. The van der Waals surface area contributed by atoms with Crippen LogP contribution in [0, 0.1) is 13.8 Å². The molecule has 3 N–H and O–H groups in total. The van der Waals surface area contributed by atoms with Crippen LogP contribution in [-0.2, 0) is 16.1 Å². The number of hydrogen-bond donors (Lipinski definition) is 3. The van der Waals surface area contributed by atoms with E-state index in [1.165, 1.54) is 0 Å². The smallest absolute Gasteiger partial charge is 0.309 e. The number of hydrogen-bond acceptors (Lipinski definition) is 4. The summed E-state index contributed by atoms with van der Waals surface area (Å²) in [5.41, 5.74) is 1.42. The molecule has 0 saturated carbocycles. The van der Waals surface area contributed by atoms with Gasteiger partial charge in [-0.15, -0.1) is 0 Å². The van der Waals surface area contributed by atoms with Crippen molar-refractivity contribution in [1.29, 1.82) is 0 Å². The molecule has 25 heavy (non-hydrogen) atoms. The van der Waals surface area contributed by atoms with E-state index in [-0.39, 0.29) is 19.5 Å². The number of nitrogens with one attached hydrogen (secondary N) is 2. The Labute approximate surface area is 151 Å². The third-order valence-electron chi connectivity index (χ3n) is 3.75. The number of amides is 2. The summed E-state index contributed by atoms with van der Waals surface area (Å²) < 4.78 is 5.36. The molecule has 1 aromatic carbocycles. The van der Waals surface area contributed by atoms with Crippen LogP contribution >= 0.6 is 11.6 Å². The van der Waals surface area contributed by atoms with Gasteiger partial charge in [-0.05, 0) is 38.0 Å². The normalized spacial score (nSPS) is 11.8. The van der Waals surface area contributed by atoms with Gasteiger partial charge in [0, 0.05) is 23.7 Å². The third-order valence-corrected chi connectivity index (χ3v) is 4.11. The zero-order chi connectivity index (χ0) is 18.4. The molecule has 0 unspecified atom stereocenters. The highest BCUT2D eigenvalue weighted by Gasteiger charge is 2.17. The number of rotatable bonds is 6. The van der Waals surface area contributed by atoms with Crippen molar-refractivity contribution in [2.45, 2.75) is 32.9 Å². The Balaban J connectivity index is 1.75. The van der Waals surface area contributed by atoms with E-state index in [4.69, 9.17) is 16.0 Å². The average molecular weight is 365 g/mol. The highest BCUT2D eigenvalue weighted by molar-refractivity contribution is 6.35. The zero-order valence-electron chi connectivity index (χ0n) is 14.1. The maximum atomic E-state index is 11.8. The van der Waals surface area contributed by atoms with Gasteiger partial charge in [0.1, 0.15) is 11.5 Å². The van der Waals surface area contributed by atoms with Gasteiger partial charge in [-0.25, -0.2) is 0 Å². The highest BCUT2D eigenvalue weighted by Crippen LogP contribution is 2.23. The molecule has 0 aliphatic carbocycles. The number of aryl methyl sites for hydroxylation is 2. The van der Waals surface area contributed by atoms with Crippen molar-refractivity contribution in [3.63, 3.8) is 0 Å². The quantitative estimate of drug-likeness (QED) is 0.686. The third kappa shape index (κ3) is 5.34. The van der Waals surface area contributed by atoms with Crippen molar-refractivity contribution in [1.82, 2.24) is 10.6 Å². The molecule has 0 spiro atoms. The standard InChI is InChI=1S/C18H21ClN2O4/c1-11-9-14(12(2)25-11)16(22)7-8-20-17(23)18(24)21-10-13-5-3-4-6-15(13)19/h3-6,9,16,22H,7-8,10H2,1-2H3,(H,20,23)(H,21,24)/t16-/m1/s1. The molecule has 0 radical (unpaired) electrons. The maximum Gasteiger partial charge on any atom is 0.309 e. The van der Waals surface area contributed by atoms with Gasteiger partial charge in [-0.1, -0.05) is 29.8 Å². The number of aliphatic hydroxyl groups is 1. The largest absolute Gasteiger partial charge is 0.466 e. The van der Waals surface area contributed by atoms with Crippen molar-refractivity contribution in [3.05, 3.63) is 58.0 Å². The fourth-order valence-corrected chi connectivity index (χ4v) is 2.64. The van der Waals surface area contributed by atoms with Crippen molar-refractivity contribution in [3.8, 4) is 0 Å². The van der Waals surface area contributed by atoms with E-state index in [1.54, 1.807) is 44.2 Å². The summed E-state index contributed by atoms with van der Waals surface area (Å²) in [7, 11) is 0. The summed E-state index contributed by atoms with van der Waals surface area (Å²) in [6.45, 7) is 3.91. The van der Waals surface area contributed by atoms with Crippen LogP contribution in [0.4, 0.5) is 0 Å². The minimum atomic E-state index is -0.760. The second-order valence-electron chi connectivity index (χ2n) is 5.70. The van der Waals surface area contributed by atoms with E-state index in [9.17, 15) is 14.7 Å². The van der Waals surface area contributed by atoms with E-state index in [0.717, 1.165) is 11.3 Å². The predicted molar refractivity (Wildman–Crippen MR) is 94.1 cm³/mol. The Morgan fingerprint density at radius 2 is 1.88 bits per heavy atom. The second-order valence-corrected chi connectivity index (χ2v) is 6.11. The van der Waals surface area contributed by atoms with Gasteiger partial charge in [0.2, 0.25) is 0 Å². The number of aliphatic hydroxyl groups excluding tert-OH is 1. The molecule has 134 valence electrons. The maximum absolute atomic E-state index is 11.8. The summed E-state index contributed by atoms with van der Waals surface area (Å²) in [6, 6.07) is 8.83. The summed E-state index contributed by atoms with van der Waals surface area (Å²) in [5.74, 6) is -0.132. The lowest BCUT2D eigenvalue weighted by molar-refractivity contribution is -0.139. The Morgan fingerprint density at radius 1 is 1.20 bits per heavy atom. The molecule has 0 bridgehead atoms. The molecular weight excluding hydrogens is 344 g/mol. The molecule has 2 aromatic rings. The molecule has 2 amide bonds. The van der Waals surface area contributed by atoms with E-state index in [0.29, 0.717) is 16.3 Å². The highest BCUT2D eigenvalue weighted by atomic mass is 35.5. The van der Waals surface area contributed by atoms with Gasteiger partial charge in [0.25, 0.3) is 0 Å². The lowest BCUT2D eigenvalue weighted by atomic mass is 10.1. The van der Waals surface area contributed by atoms with Crippen molar-refractivity contribution < 1.29 is 19.1 Å².